The first-order chi connectivity index (χ1) is 28.2. The third kappa shape index (κ3) is 4.03. The number of hydrogen-bond acceptors (Lipinski definition) is 1. The second-order valence-corrected chi connectivity index (χ2v) is 15.2. The highest BCUT2D eigenvalue weighted by atomic mass is 16.1. The van der Waals surface area contributed by atoms with E-state index in [1.165, 1.54) is 54.4 Å². The number of pyridine rings is 1. The van der Waals surface area contributed by atoms with Crippen molar-refractivity contribution in [2.45, 2.75) is 0 Å². The first-order valence-electron chi connectivity index (χ1n) is 19.5. The molecule has 13 rings (SSSR count). The molecular weight excluding hydrogens is 695 g/mol. The first-order valence-corrected chi connectivity index (χ1v) is 19.5. The molecule has 4 heterocycles. The summed E-state index contributed by atoms with van der Waals surface area (Å²) in [4.78, 5) is 14.0. The van der Waals surface area contributed by atoms with Gasteiger partial charge in [0.25, 0.3) is 5.56 Å². The minimum absolute atomic E-state index is 0.0273. The van der Waals surface area contributed by atoms with E-state index in [9.17, 15) is 4.79 Å². The Bertz CT molecular complexity index is 3890. The minimum Gasteiger partial charge on any atom is -0.309 e. The summed E-state index contributed by atoms with van der Waals surface area (Å²) in [6, 6.07) is 67.3. The average Bonchev–Trinajstić information content (AvgIpc) is 3.90. The lowest BCUT2D eigenvalue weighted by atomic mass is 9.95. The number of fused-ring (bicyclic) bond motifs is 12. The molecule has 0 fully saturated rings. The van der Waals surface area contributed by atoms with Crippen LogP contribution < -0.4 is 5.56 Å². The number of rotatable bonds is 3. The Labute approximate surface area is 325 Å². The smallest absolute Gasteiger partial charge is 0.263 e. The van der Waals surface area contributed by atoms with Crippen LogP contribution in [0.5, 0.6) is 0 Å². The van der Waals surface area contributed by atoms with Gasteiger partial charge in [0.05, 0.1) is 38.8 Å². The van der Waals surface area contributed by atoms with Crippen LogP contribution in [0.15, 0.2) is 193 Å². The van der Waals surface area contributed by atoms with Crippen molar-refractivity contribution in [3.63, 3.8) is 0 Å². The monoisotopic (exact) mass is 725 g/mol. The van der Waals surface area contributed by atoms with Gasteiger partial charge in [-0.15, -0.1) is 0 Å². The predicted octanol–water partition coefficient (Wildman–Crippen LogP) is 13.2. The zero-order valence-corrected chi connectivity index (χ0v) is 30.6. The zero-order chi connectivity index (χ0) is 37.4. The fourth-order valence-corrected chi connectivity index (χ4v) is 9.97. The summed E-state index contributed by atoms with van der Waals surface area (Å²) in [6.45, 7) is 0. The predicted molar refractivity (Wildman–Crippen MR) is 239 cm³/mol. The number of benzene rings is 9. The molecule has 0 aliphatic heterocycles. The van der Waals surface area contributed by atoms with Crippen LogP contribution in [0, 0.1) is 0 Å². The highest BCUT2D eigenvalue weighted by molar-refractivity contribution is 6.22. The Morgan fingerprint density at radius 2 is 0.877 bits per heavy atom. The van der Waals surface area contributed by atoms with Gasteiger partial charge in [0.2, 0.25) is 0 Å². The molecule has 4 aromatic heterocycles. The molecule has 0 saturated heterocycles. The molecule has 4 nitrogen and oxygen atoms in total. The van der Waals surface area contributed by atoms with E-state index in [1.807, 2.05) is 22.6 Å². The largest absolute Gasteiger partial charge is 0.309 e. The molecule has 0 aliphatic rings. The average molecular weight is 726 g/mol. The van der Waals surface area contributed by atoms with Gasteiger partial charge in [-0.1, -0.05) is 127 Å². The number of hydrogen-bond donors (Lipinski definition) is 0. The number of nitrogens with zero attached hydrogens (tertiary/aromatic N) is 3. The van der Waals surface area contributed by atoms with Gasteiger partial charge in [0, 0.05) is 54.2 Å². The van der Waals surface area contributed by atoms with Crippen LogP contribution in [0.3, 0.4) is 0 Å². The SMILES string of the molecule is O=c1c2ccccc2c2cccc3c4cc(-c5ccc(-n6c7ccccc7c7cc8c9ccccc9n(-c9ccccc9)c8cc76)c6ccccc56)ccc4n1c23. The van der Waals surface area contributed by atoms with Crippen molar-refractivity contribution in [2.75, 3.05) is 0 Å². The van der Waals surface area contributed by atoms with E-state index in [-0.39, 0.29) is 5.56 Å². The molecule has 9 aromatic carbocycles. The maximum absolute atomic E-state index is 14.0. The Hall–Kier alpha value is -7.69. The summed E-state index contributed by atoms with van der Waals surface area (Å²) >= 11 is 0. The van der Waals surface area contributed by atoms with Crippen molar-refractivity contribution in [3.05, 3.63) is 198 Å². The summed E-state index contributed by atoms with van der Waals surface area (Å²) in [5, 5.41) is 12.3. The molecule has 0 radical (unpaired) electrons. The fraction of sp³-hybridized carbons (Fsp3) is 0. The summed E-state index contributed by atoms with van der Waals surface area (Å²) in [5.74, 6) is 0. The number of para-hydroxylation sites is 4. The van der Waals surface area contributed by atoms with Crippen LogP contribution in [0.2, 0.25) is 0 Å². The Balaban J connectivity index is 1.08. The second-order valence-electron chi connectivity index (χ2n) is 15.2. The van der Waals surface area contributed by atoms with Crippen LogP contribution in [-0.2, 0) is 0 Å². The third-order valence-corrected chi connectivity index (χ3v) is 12.4. The Kier molecular flexibility index (Phi) is 6.01. The third-order valence-electron chi connectivity index (χ3n) is 12.4. The van der Waals surface area contributed by atoms with Crippen LogP contribution in [-0.4, -0.2) is 13.5 Å². The maximum Gasteiger partial charge on any atom is 0.263 e. The van der Waals surface area contributed by atoms with Crippen molar-refractivity contribution in [1.82, 2.24) is 13.5 Å². The van der Waals surface area contributed by atoms with Crippen molar-refractivity contribution >= 4 is 92.3 Å². The molecule has 0 unspecified atom stereocenters. The molecule has 0 saturated carbocycles. The molecule has 4 heteroatoms. The minimum atomic E-state index is 0.0273. The standard InChI is InChI=1S/C53H31N3O/c57-53-42-20-7-5-16-36(42)40-21-12-22-41-43-29-32(25-27-49(43)56(53)52(40)41)34-26-28-48(37-17-6-4-15-35(34)37)55-47-24-11-9-19-39(47)45-30-44-38-18-8-10-23-46(38)54(50(44)31-51(45)55)33-13-2-1-3-14-33/h1-31H. The zero-order valence-electron chi connectivity index (χ0n) is 30.6. The highest BCUT2D eigenvalue weighted by Crippen LogP contribution is 2.43. The maximum atomic E-state index is 14.0. The van der Waals surface area contributed by atoms with Gasteiger partial charge in [-0.3, -0.25) is 9.20 Å². The second kappa shape index (κ2) is 11.2. The lowest BCUT2D eigenvalue weighted by molar-refractivity contribution is 1.17. The Morgan fingerprint density at radius 1 is 0.316 bits per heavy atom. The molecule has 0 bridgehead atoms. The van der Waals surface area contributed by atoms with E-state index in [2.05, 4.69) is 179 Å². The Morgan fingerprint density at radius 3 is 1.63 bits per heavy atom. The first kappa shape index (κ1) is 30.6. The summed E-state index contributed by atoms with van der Waals surface area (Å²) in [5.41, 5.74) is 11.2. The van der Waals surface area contributed by atoms with Crippen molar-refractivity contribution in [3.8, 4) is 22.5 Å². The lowest BCUT2D eigenvalue weighted by Crippen LogP contribution is -2.12. The molecule has 57 heavy (non-hydrogen) atoms. The normalized spacial score (nSPS) is 12.3. The van der Waals surface area contributed by atoms with E-state index in [0.717, 1.165) is 60.5 Å². The molecule has 0 spiro atoms. The summed E-state index contributed by atoms with van der Waals surface area (Å²) in [7, 11) is 0. The van der Waals surface area contributed by atoms with E-state index < -0.39 is 0 Å². The van der Waals surface area contributed by atoms with Crippen LogP contribution in [0.25, 0.3) is 115 Å². The van der Waals surface area contributed by atoms with Gasteiger partial charge in [-0.05, 0) is 82.6 Å². The summed E-state index contributed by atoms with van der Waals surface area (Å²) < 4.78 is 6.78. The van der Waals surface area contributed by atoms with Gasteiger partial charge in [-0.2, -0.15) is 0 Å². The van der Waals surface area contributed by atoms with Crippen molar-refractivity contribution in [1.29, 1.82) is 0 Å². The molecule has 0 atom stereocenters. The van der Waals surface area contributed by atoms with E-state index >= 15 is 0 Å². The van der Waals surface area contributed by atoms with Gasteiger partial charge >= 0.3 is 0 Å². The molecular formula is C53H31N3O. The summed E-state index contributed by atoms with van der Waals surface area (Å²) in [6.07, 6.45) is 0. The van der Waals surface area contributed by atoms with Gasteiger partial charge in [0.1, 0.15) is 0 Å². The molecule has 0 N–H and O–H groups in total. The topological polar surface area (TPSA) is 31.3 Å². The quantitative estimate of drug-likeness (QED) is 0.167. The van der Waals surface area contributed by atoms with Crippen LogP contribution in [0.1, 0.15) is 0 Å². The van der Waals surface area contributed by atoms with Gasteiger partial charge < -0.3 is 9.13 Å². The van der Waals surface area contributed by atoms with E-state index in [4.69, 9.17) is 0 Å². The molecule has 0 amide bonds. The lowest BCUT2D eigenvalue weighted by Gasteiger charge is -2.15. The number of aromatic nitrogens is 3. The molecule has 13 aromatic rings. The van der Waals surface area contributed by atoms with Gasteiger partial charge in [0.15, 0.2) is 0 Å². The fourth-order valence-electron chi connectivity index (χ4n) is 9.97. The van der Waals surface area contributed by atoms with Crippen molar-refractivity contribution in [2.24, 2.45) is 0 Å². The highest BCUT2D eigenvalue weighted by Gasteiger charge is 2.21. The van der Waals surface area contributed by atoms with Crippen molar-refractivity contribution < 1.29 is 0 Å². The van der Waals surface area contributed by atoms with Gasteiger partial charge in [-0.25, -0.2) is 0 Å². The molecule has 264 valence electrons. The van der Waals surface area contributed by atoms with E-state index in [0.29, 0.717) is 0 Å². The van der Waals surface area contributed by atoms with Crippen LogP contribution >= 0.6 is 0 Å². The molecule has 0 aliphatic carbocycles. The van der Waals surface area contributed by atoms with Crippen LogP contribution in [0.4, 0.5) is 0 Å². The van der Waals surface area contributed by atoms with E-state index in [1.54, 1.807) is 0 Å².